The van der Waals surface area contributed by atoms with Gasteiger partial charge in [-0.15, -0.1) is 5.10 Å². The highest BCUT2D eigenvalue weighted by Gasteiger charge is 2.16. The molecule has 0 radical (unpaired) electrons. The standard InChI is InChI=1S/C21H26N6O2/c1-15-5-7-16(8-6-15)19(28)27-20(22)24-21(25-27)23-17-9-11-18(12-10-17)29-14-4-13-26(2)3/h5-12H,4,13-14H2,1-3H3,(H3,22,23,24,25). The van der Waals surface area contributed by atoms with E-state index in [4.69, 9.17) is 10.5 Å². The molecule has 29 heavy (non-hydrogen) atoms. The number of hydrogen-bond donors (Lipinski definition) is 2. The zero-order valence-corrected chi connectivity index (χ0v) is 16.9. The quantitative estimate of drug-likeness (QED) is 0.567. The number of aromatic nitrogens is 3. The summed E-state index contributed by atoms with van der Waals surface area (Å²) in [5.41, 5.74) is 8.22. The SMILES string of the molecule is Cc1ccc(C(=O)n2nc(Nc3ccc(OCCCN(C)C)cc3)nc2N)cc1. The molecule has 0 spiro atoms. The Morgan fingerprint density at radius 3 is 2.48 bits per heavy atom. The van der Waals surface area contributed by atoms with Crippen molar-refractivity contribution < 1.29 is 9.53 Å². The maximum atomic E-state index is 12.6. The molecule has 152 valence electrons. The first kappa shape index (κ1) is 20.3. The zero-order chi connectivity index (χ0) is 20.8. The fourth-order valence-corrected chi connectivity index (χ4v) is 2.68. The Labute approximate surface area is 170 Å². The predicted octanol–water partition coefficient (Wildman–Crippen LogP) is 2.93. The van der Waals surface area contributed by atoms with Crippen molar-refractivity contribution in [3.63, 3.8) is 0 Å². The summed E-state index contributed by atoms with van der Waals surface area (Å²) in [6, 6.07) is 14.7. The van der Waals surface area contributed by atoms with Crippen molar-refractivity contribution in [1.29, 1.82) is 0 Å². The summed E-state index contributed by atoms with van der Waals surface area (Å²) in [5, 5.41) is 7.24. The molecule has 8 nitrogen and oxygen atoms in total. The number of nitrogen functional groups attached to an aromatic ring is 1. The third-order valence-corrected chi connectivity index (χ3v) is 4.25. The first-order chi connectivity index (χ1) is 13.9. The van der Waals surface area contributed by atoms with Crippen LogP contribution in [0.25, 0.3) is 0 Å². The first-order valence-corrected chi connectivity index (χ1v) is 9.41. The van der Waals surface area contributed by atoms with E-state index in [1.807, 2.05) is 57.4 Å². The predicted molar refractivity (Wildman–Crippen MR) is 114 cm³/mol. The lowest BCUT2D eigenvalue weighted by Crippen LogP contribution is -2.16. The molecule has 0 atom stereocenters. The van der Waals surface area contributed by atoms with E-state index < -0.39 is 0 Å². The van der Waals surface area contributed by atoms with E-state index in [2.05, 4.69) is 20.3 Å². The minimum Gasteiger partial charge on any atom is -0.494 e. The fourth-order valence-electron chi connectivity index (χ4n) is 2.68. The van der Waals surface area contributed by atoms with Gasteiger partial charge in [0, 0.05) is 17.8 Å². The minimum absolute atomic E-state index is 0.0268. The number of rotatable bonds is 8. The second-order valence-corrected chi connectivity index (χ2v) is 7.03. The number of nitrogens with two attached hydrogens (primary N) is 1. The number of carbonyl (C=O) groups is 1. The molecule has 0 amide bonds. The Hall–Kier alpha value is -3.39. The lowest BCUT2D eigenvalue weighted by molar-refractivity contribution is 0.0948. The molecular formula is C21H26N6O2. The van der Waals surface area contributed by atoms with Crippen LogP contribution in [0.15, 0.2) is 48.5 Å². The number of benzene rings is 2. The third-order valence-electron chi connectivity index (χ3n) is 4.25. The fraction of sp³-hybridized carbons (Fsp3) is 0.286. The van der Waals surface area contributed by atoms with E-state index in [0.717, 1.165) is 34.6 Å². The first-order valence-electron chi connectivity index (χ1n) is 9.41. The molecule has 0 fully saturated rings. The van der Waals surface area contributed by atoms with E-state index in [9.17, 15) is 4.79 Å². The molecule has 0 aliphatic heterocycles. The summed E-state index contributed by atoms with van der Waals surface area (Å²) >= 11 is 0. The molecule has 3 rings (SSSR count). The maximum Gasteiger partial charge on any atom is 0.281 e. The highest BCUT2D eigenvalue weighted by atomic mass is 16.5. The van der Waals surface area contributed by atoms with Crippen LogP contribution in [0.3, 0.4) is 0 Å². The van der Waals surface area contributed by atoms with Crippen molar-refractivity contribution in [3.8, 4) is 5.75 Å². The molecule has 0 unspecified atom stereocenters. The third kappa shape index (κ3) is 5.55. The number of nitrogens with zero attached hydrogens (tertiary/aromatic N) is 4. The van der Waals surface area contributed by atoms with Crippen LogP contribution >= 0.6 is 0 Å². The summed E-state index contributed by atoms with van der Waals surface area (Å²) in [6.45, 7) is 3.60. The average Bonchev–Trinajstić information content (AvgIpc) is 3.06. The average molecular weight is 394 g/mol. The Bertz CT molecular complexity index is 948. The molecule has 3 aromatic rings. The minimum atomic E-state index is -0.329. The molecule has 0 aliphatic rings. The monoisotopic (exact) mass is 394 g/mol. The van der Waals surface area contributed by atoms with Crippen molar-refractivity contribution in [2.45, 2.75) is 13.3 Å². The summed E-state index contributed by atoms with van der Waals surface area (Å²) in [5.74, 6) is 0.743. The van der Waals surface area contributed by atoms with Crippen molar-refractivity contribution in [2.24, 2.45) is 0 Å². The summed E-state index contributed by atoms with van der Waals surface area (Å²) < 4.78 is 6.81. The van der Waals surface area contributed by atoms with E-state index in [1.165, 1.54) is 0 Å². The van der Waals surface area contributed by atoms with Crippen LogP contribution in [0.1, 0.15) is 22.3 Å². The Balaban J connectivity index is 1.61. The van der Waals surface area contributed by atoms with Gasteiger partial charge in [0.05, 0.1) is 6.61 Å². The molecule has 0 bridgehead atoms. The topological polar surface area (TPSA) is 98.3 Å². The van der Waals surface area contributed by atoms with Crippen LogP contribution < -0.4 is 15.8 Å². The lowest BCUT2D eigenvalue weighted by Gasteiger charge is -2.10. The van der Waals surface area contributed by atoms with Crippen molar-refractivity contribution in [3.05, 3.63) is 59.7 Å². The van der Waals surface area contributed by atoms with E-state index >= 15 is 0 Å². The smallest absolute Gasteiger partial charge is 0.281 e. The number of ether oxygens (including phenoxy) is 1. The van der Waals surface area contributed by atoms with Crippen LogP contribution in [0.2, 0.25) is 0 Å². The molecule has 2 aromatic carbocycles. The molecule has 0 aliphatic carbocycles. The Morgan fingerprint density at radius 2 is 1.83 bits per heavy atom. The largest absolute Gasteiger partial charge is 0.494 e. The van der Waals surface area contributed by atoms with Gasteiger partial charge in [-0.3, -0.25) is 4.79 Å². The van der Waals surface area contributed by atoms with Crippen molar-refractivity contribution in [1.82, 2.24) is 19.7 Å². The lowest BCUT2D eigenvalue weighted by atomic mass is 10.1. The second kappa shape index (κ2) is 9.20. The number of nitrogens with one attached hydrogen (secondary N) is 1. The van der Waals surface area contributed by atoms with E-state index in [0.29, 0.717) is 12.2 Å². The molecule has 0 saturated carbocycles. The van der Waals surface area contributed by atoms with Gasteiger partial charge in [-0.25, -0.2) is 0 Å². The molecular weight excluding hydrogens is 368 g/mol. The van der Waals surface area contributed by atoms with Gasteiger partial charge in [-0.05, 0) is 63.8 Å². The summed E-state index contributed by atoms with van der Waals surface area (Å²) in [6.07, 6.45) is 0.961. The second-order valence-electron chi connectivity index (χ2n) is 7.03. The van der Waals surface area contributed by atoms with Gasteiger partial charge in [-0.2, -0.15) is 9.67 Å². The normalized spacial score (nSPS) is 10.9. The van der Waals surface area contributed by atoms with Crippen LogP contribution in [0.4, 0.5) is 17.6 Å². The highest BCUT2D eigenvalue weighted by Crippen LogP contribution is 2.19. The molecule has 3 N–H and O–H groups in total. The Kier molecular flexibility index (Phi) is 6.46. The summed E-state index contributed by atoms with van der Waals surface area (Å²) in [7, 11) is 4.08. The van der Waals surface area contributed by atoms with Crippen LogP contribution in [0.5, 0.6) is 5.75 Å². The molecule has 1 heterocycles. The number of hydrogen-bond acceptors (Lipinski definition) is 7. The van der Waals surface area contributed by atoms with Crippen LogP contribution in [-0.4, -0.2) is 52.8 Å². The van der Waals surface area contributed by atoms with Gasteiger partial charge in [0.25, 0.3) is 5.91 Å². The highest BCUT2D eigenvalue weighted by molar-refractivity contribution is 5.96. The molecule has 1 aromatic heterocycles. The van der Waals surface area contributed by atoms with Gasteiger partial charge in [-0.1, -0.05) is 17.7 Å². The van der Waals surface area contributed by atoms with E-state index in [1.54, 1.807) is 12.1 Å². The van der Waals surface area contributed by atoms with Gasteiger partial charge in [0.15, 0.2) is 0 Å². The molecule has 8 heteroatoms. The zero-order valence-electron chi connectivity index (χ0n) is 16.9. The summed E-state index contributed by atoms with van der Waals surface area (Å²) in [4.78, 5) is 18.8. The Morgan fingerprint density at radius 1 is 1.14 bits per heavy atom. The maximum absolute atomic E-state index is 12.6. The number of carbonyl (C=O) groups excluding carboxylic acids is 1. The van der Waals surface area contributed by atoms with Gasteiger partial charge in [0.2, 0.25) is 11.9 Å². The van der Waals surface area contributed by atoms with Crippen molar-refractivity contribution in [2.75, 3.05) is 38.3 Å². The van der Waals surface area contributed by atoms with Crippen LogP contribution in [0, 0.1) is 6.92 Å². The van der Waals surface area contributed by atoms with Gasteiger partial charge >= 0.3 is 0 Å². The number of anilines is 3. The van der Waals surface area contributed by atoms with Crippen LogP contribution in [-0.2, 0) is 0 Å². The van der Waals surface area contributed by atoms with Crippen molar-refractivity contribution >= 4 is 23.5 Å². The van der Waals surface area contributed by atoms with E-state index in [-0.39, 0.29) is 17.8 Å². The number of aryl methyl sites for hydroxylation is 1. The van der Waals surface area contributed by atoms with Gasteiger partial charge < -0.3 is 20.7 Å². The van der Waals surface area contributed by atoms with Gasteiger partial charge in [0.1, 0.15) is 5.75 Å². The molecule has 0 saturated heterocycles.